The lowest BCUT2D eigenvalue weighted by Crippen LogP contribution is -2.44. The number of thioether (sulfide) groups is 1. The highest BCUT2D eigenvalue weighted by atomic mass is 32.2. The van der Waals surface area contributed by atoms with Crippen LogP contribution in [0.2, 0.25) is 0 Å². The molecule has 1 amide bonds. The van der Waals surface area contributed by atoms with Gasteiger partial charge in [0.2, 0.25) is 5.91 Å². The van der Waals surface area contributed by atoms with Crippen molar-refractivity contribution < 1.29 is 9.53 Å². The zero-order valence-electron chi connectivity index (χ0n) is 17.0. The van der Waals surface area contributed by atoms with Gasteiger partial charge in [0.15, 0.2) is 5.16 Å². The number of hydrogen-bond donors (Lipinski definition) is 0. The van der Waals surface area contributed by atoms with E-state index < -0.39 is 0 Å². The number of aromatic nitrogens is 2. The first kappa shape index (κ1) is 20.4. The van der Waals surface area contributed by atoms with E-state index in [9.17, 15) is 9.59 Å². The molecular formula is C22H29N3O3S. The summed E-state index contributed by atoms with van der Waals surface area (Å²) in [4.78, 5) is 32.8. The number of benzene rings is 1. The number of para-hydroxylation sites is 1. The van der Waals surface area contributed by atoms with Crippen molar-refractivity contribution in [3.05, 3.63) is 34.6 Å². The van der Waals surface area contributed by atoms with Gasteiger partial charge >= 0.3 is 0 Å². The van der Waals surface area contributed by atoms with Crippen LogP contribution in [0.1, 0.15) is 45.4 Å². The molecular weight excluding hydrogens is 386 g/mol. The third kappa shape index (κ3) is 4.51. The van der Waals surface area contributed by atoms with E-state index in [4.69, 9.17) is 9.72 Å². The first-order valence-electron chi connectivity index (χ1n) is 10.7. The largest absolute Gasteiger partial charge is 0.376 e. The predicted molar refractivity (Wildman–Crippen MR) is 115 cm³/mol. The molecule has 2 saturated heterocycles. The summed E-state index contributed by atoms with van der Waals surface area (Å²) in [7, 11) is 0. The van der Waals surface area contributed by atoms with Crippen molar-refractivity contribution in [2.75, 3.05) is 18.9 Å². The molecule has 1 aromatic heterocycles. The standard InChI is InChI=1S/C22H29N3O3S/c1-2-16-8-5-6-12-24(16)20(26)15-29-22-23-19-11-4-3-10-18(19)21(27)25(22)14-17-9-7-13-28-17/h3-4,10-11,16-17H,2,5-9,12-15H2,1H3/t16-,17-/m1/s1. The maximum atomic E-state index is 13.1. The number of rotatable bonds is 6. The van der Waals surface area contributed by atoms with E-state index in [1.54, 1.807) is 4.57 Å². The van der Waals surface area contributed by atoms with Crippen LogP contribution >= 0.6 is 11.8 Å². The average molecular weight is 416 g/mol. The Morgan fingerprint density at radius 2 is 2.10 bits per heavy atom. The van der Waals surface area contributed by atoms with E-state index in [0.717, 1.165) is 45.3 Å². The zero-order chi connectivity index (χ0) is 20.2. The van der Waals surface area contributed by atoms with Gasteiger partial charge in [-0.2, -0.15) is 0 Å². The Morgan fingerprint density at radius 3 is 2.90 bits per heavy atom. The molecule has 0 aliphatic carbocycles. The number of carbonyl (C=O) groups is 1. The van der Waals surface area contributed by atoms with Crippen LogP contribution in [0.15, 0.2) is 34.2 Å². The van der Waals surface area contributed by atoms with Gasteiger partial charge in [0.05, 0.1) is 29.3 Å². The molecule has 1 aromatic carbocycles. The Bertz CT molecular complexity index is 923. The van der Waals surface area contributed by atoms with Crippen molar-refractivity contribution in [3.63, 3.8) is 0 Å². The van der Waals surface area contributed by atoms with Crippen LogP contribution in [0.25, 0.3) is 10.9 Å². The van der Waals surface area contributed by atoms with Crippen LogP contribution in [0, 0.1) is 0 Å². The molecule has 0 radical (unpaired) electrons. The summed E-state index contributed by atoms with van der Waals surface area (Å²) >= 11 is 1.38. The summed E-state index contributed by atoms with van der Waals surface area (Å²) in [5, 5.41) is 1.23. The molecule has 3 heterocycles. The Labute approximate surface area is 175 Å². The lowest BCUT2D eigenvalue weighted by atomic mass is 10.0. The van der Waals surface area contributed by atoms with Crippen molar-refractivity contribution in [3.8, 4) is 0 Å². The smallest absolute Gasteiger partial charge is 0.262 e. The normalized spacial score (nSPS) is 22.3. The van der Waals surface area contributed by atoms with Gasteiger partial charge in [-0.25, -0.2) is 4.98 Å². The number of amides is 1. The highest BCUT2D eigenvalue weighted by molar-refractivity contribution is 7.99. The fourth-order valence-corrected chi connectivity index (χ4v) is 5.27. The lowest BCUT2D eigenvalue weighted by molar-refractivity contribution is -0.132. The summed E-state index contributed by atoms with van der Waals surface area (Å²) < 4.78 is 7.47. The number of fused-ring (bicyclic) bond motifs is 1. The molecule has 0 saturated carbocycles. The van der Waals surface area contributed by atoms with Crippen molar-refractivity contribution in [2.24, 2.45) is 0 Å². The zero-order valence-corrected chi connectivity index (χ0v) is 17.8. The fraction of sp³-hybridized carbons (Fsp3) is 0.591. The van der Waals surface area contributed by atoms with Gasteiger partial charge in [-0.3, -0.25) is 14.2 Å². The van der Waals surface area contributed by atoms with Crippen molar-refractivity contribution in [1.29, 1.82) is 0 Å². The summed E-state index contributed by atoms with van der Waals surface area (Å²) in [6, 6.07) is 7.76. The fourth-order valence-electron chi connectivity index (χ4n) is 4.37. The monoisotopic (exact) mass is 415 g/mol. The van der Waals surface area contributed by atoms with Crippen LogP contribution in [-0.4, -0.2) is 51.4 Å². The quantitative estimate of drug-likeness (QED) is 0.534. The maximum Gasteiger partial charge on any atom is 0.262 e. The number of likely N-dealkylation sites (tertiary alicyclic amines) is 1. The van der Waals surface area contributed by atoms with Crippen LogP contribution < -0.4 is 5.56 Å². The lowest BCUT2D eigenvalue weighted by Gasteiger charge is -2.35. The molecule has 2 atom stereocenters. The Hall–Kier alpha value is -1.86. The van der Waals surface area contributed by atoms with E-state index in [-0.39, 0.29) is 17.6 Å². The second-order valence-corrected chi connectivity index (χ2v) is 8.84. The van der Waals surface area contributed by atoms with Crippen molar-refractivity contribution >= 4 is 28.6 Å². The van der Waals surface area contributed by atoms with Crippen LogP contribution in [-0.2, 0) is 16.1 Å². The summed E-state index contributed by atoms with van der Waals surface area (Å²) in [6.07, 6.45) is 6.37. The van der Waals surface area contributed by atoms with E-state index in [1.807, 2.05) is 29.2 Å². The molecule has 2 aliphatic heterocycles. The number of carbonyl (C=O) groups excluding carboxylic acids is 1. The van der Waals surface area contributed by atoms with Gasteiger partial charge in [0.1, 0.15) is 0 Å². The molecule has 0 unspecified atom stereocenters. The summed E-state index contributed by atoms with van der Waals surface area (Å²) in [5.74, 6) is 0.458. The number of piperidine rings is 1. The van der Waals surface area contributed by atoms with Crippen LogP contribution in [0.5, 0.6) is 0 Å². The summed E-state index contributed by atoms with van der Waals surface area (Å²) in [6.45, 7) is 4.22. The number of nitrogens with zero attached hydrogens (tertiary/aromatic N) is 3. The number of ether oxygens (including phenoxy) is 1. The van der Waals surface area contributed by atoms with Gasteiger partial charge < -0.3 is 9.64 Å². The molecule has 6 nitrogen and oxygen atoms in total. The Morgan fingerprint density at radius 1 is 1.24 bits per heavy atom. The highest BCUT2D eigenvalue weighted by Gasteiger charge is 2.26. The summed E-state index contributed by atoms with van der Waals surface area (Å²) in [5.41, 5.74) is 0.630. The SMILES string of the molecule is CC[C@@H]1CCCCN1C(=O)CSc1nc2ccccc2c(=O)n1C[C@H]1CCCO1. The first-order chi connectivity index (χ1) is 14.2. The molecule has 2 fully saturated rings. The third-order valence-electron chi connectivity index (χ3n) is 5.98. The van der Waals surface area contributed by atoms with Crippen molar-refractivity contribution in [2.45, 2.75) is 69.3 Å². The predicted octanol–water partition coefficient (Wildman–Crippen LogP) is 3.46. The minimum Gasteiger partial charge on any atom is -0.376 e. The molecule has 29 heavy (non-hydrogen) atoms. The molecule has 2 aromatic rings. The molecule has 4 rings (SSSR count). The molecule has 2 aliphatic rings. The molecule has 7 heteroatoms. The van der Waals surface area contributed by atoms with Gasteiger partial charge in [-0.1, -0.05) is 30.8 Å². The minimum atomic E-state index is -0.0505. The minimum absolute atomic E-state index is 0.0391. The second kappa shape index (κ2) is 9.30. The Kier molecular flexibility index (Phi) is 6.55. The highest BCUT2D eigenvalue weighted by Crippen LogP contribution is 2.24. The van der Waals surface area contributed by atoms with Gasteiger partial charge in [-0.05, 0) is 50.7 Å². The van der Waals surface area contributed by atoms with Gasteiger partial charge in [0, 0.05) is 19.2 Å². The number of hydrogen-bond acceptors (Lipinski definition) is 5. The molecule has 0 N–H and O–H groups in total. The third-order valence-corrected chi connectivity index (χ3v) is 6.94. The van der Waals surface area contributed by atoms with Gasteiger partial charge in [-0.15, -0.1) is 0 Å². The molecule has 0 spiro atoms. The molecule has 0 bridgehead atoms. The van der Waals surface area contributed by atoms with Crippen LogP contribution in [0.3, 0.4) is 0 Å². The second-order valence-electron chi connectivity index (χ2n) is 7.90. The van der Waals surface area contributed by atoms with E-state index in [2.05, 4.69) is 6.92 Å². The van der Waals surface area contributed by atoms with E-state index >= 15 is 0 Å². The molecule has 156 valence electrons. The first-order valence-corrected chi connectivity index (χ1v) is 11.7. The maximum absolute atomic E-state index is 13.1. The van der Waals surface area contributed by atoms with Gasteiger partial charge in [0.25, 0.3) is 5.56 Å². The Balaban J connectivity index is 1.58. The van der Waals surface area contributed by atoms with E-state index in [0.29, 0.717) is 34.4 Å². The topological polar surface area (TPSA) is 64.4 Å². The average Bonchev–Trinajstić information content (AvgIpc) is 3.27. The van der Waals surface area contributed by atoms with E-state index in [1.165, 1.54) is 18.2 Å². The van der Waals surface area contributed by atoms with Crippen LogP contribution in [0.4, 0.5) is 0 Å². The van der Waals surface area contributed by atoms with Crippen molar-refractivity contribution in [1.82, 2.24) is 14.5 Å².